The number of Topliss-reactive ketones (excluding diaryl/α,β-unsaturated/α-hetero) is 1. The summed E-state index contributed by atoms with van der Waals surface area (Å²) in [5.74, 6) is -4.95. The molecule has 1 aromatic rings. The fourth-order valence-corrected chi connectivity index (χ4v) is 1.39. The summed E-state index contributed by atoms with van der Waals surface area (Å²) in [5.41, 5.74) is 0.296. The number of halogens is 5. The van der Waals surface area contributed by atoms with E-state index in [0.29, 0.717) is 5.56 Å². The van der Waals surface area contributed by atoms with Gasteiger partial charge in [-0.2, -0.15) is 8.78 Å². The van der Waals surface area contributed by atoms with Gasteiger partial charge in [-0.15, -0.1) is 0 Å². The van der Waals surface area contributed by atoms with E-state index in [0.717, 1.165) is 12.1 Å². The topological polar surface area (TPSA) is 26.3 Å². The first-order valence-electron chi connectivity index (χ1n) is 5.85. The molecule has 1 rings (SSSR count). The Morgan fingerprint density at radius 1 is 1.20 bits per heavy atom. The summed E-state index contributed by atoms with van der Waals surface area (Å²) in [6.07, 6.45) is -3.65. The van der Waals surface area contributed by atoms with Gasteiger partial charge in [0.25, 0.3) is 0 Å². The van der Waals surface area contributed by atoms with Gasteiger partial charge in [-0.25, -0.2) is 13.2 Å². The molecule has 0 unspecified atom stereocenters. The average molecular weight is 296 g/mol. The standard InChI is InChI=1S/C13H13F5O2/c14-10-5-3-9(4-6-10)11(19)2-1-7-20-8-13(17,18)12(15)16/h3-6,12H,1-2,7-8H2. The molecule has 0 amide bonds. The Hall–Kier alpha value is -1.50. The predicted octanol–water partition coefficient (Wildman–Crippen LogP) is 3.71. The summed E-state index contributed by atoms with van der Waals surface area (Å²) in [4.78, 5) is 11.6. The second kappa shape index (κ2) is 7.33. The van der Waals surface area contributed by atoms with Crippen LogP contribution in [0, 0.1) is 5.82 Å². The fraction of sp³-hybridized carbons (Fsp3) is 0.462. The summed E-state index contributed by atoms with van der Waals surface area (Å²) in [6.45, 7) is -1.61. The number of hydrogen-bond acceptors (Lipinski definition) is 2. The summed E-state index contributed by atoms with van der Waals surface area (Å²) >= 11 is 0. The van der Waals surface area contributed by atoms with Crippen molar-refractivity contribution >= 4 is 5.78 Å². The van der Waals surface area contributed by atoms with Crippen LogP contribution in [0.15, 0.2) is 24.3 Å². The van der Waals surface area contributed by atoms with Crippen molar-refractivity contribution < 1.29 is 31.5 Å². The molecule has 0 aliphatic heterocycles. The van der Waals surface area contributed by atoms with Gasteiger partial charge in [0.15, 0.2) is 5.78 Å². The Bertz CT molecular complexity index is 431. The van der Waals surface area contributed by atoms with E-state index in [4.69, 9.17) is 0 Å². The third kappa shape index (κ3) is 5.24. The first-order valence-corrected chi connectivity index (χ1v) is 5.85. The first-order chi connectivity index (χ1) is 9.33. The molecule has 112 valence electrons. The summed E-state index contributed by atoms with van der Waals surface area (Å²) in [5, 5.41) is 0. The minimum absolute atomic E-state index is 0.00584. The van der Waals surface area contributed by atoms with Crippen molar-refractivity contribution in [2.75, 3.05) is 13.2 Å². The zero-order valence-electron chi connectivity index (χ0n) is 10.4. The number of ketones is 1. The van der Waals surface area contributed by atoms with Crippen LogP contribution < -0.4 is 0 Å². The maximum absolute atomic E-state index is 12.6. The lowest BCUT2D eigenvalue weighted by Crippen LogP contribution is -2.32. The Morgan fingerprint density at radius 3 is 2.35 bits per heavy atom. The number of rotatable bonds is 8. The van der Waals surface area contributed by atoms with Gasteiger partial charge < -0.3 is 4.74 Å². The lowest BCUT2D eigenvalue weighted by Gasteiger charge is -2.14. The Morgan fingerprint density at radius 2 is 1.80 bits per heavy atom. The Labute approximate surface area is 112 Å². The molecule has 0 saturated heterocycles. The number of carbonyl (C=O) groups excluding carboxylic acids is 1. The SMILES string of the molecule is O=C(CCCOCC(F)(F)C(F)F)c1ccc(F)cc1. The van der Waals surface area contributed by atoms with Gasteiger partial charge in [-0.1, -0.05) is 0 Å². The number of benzene rings is 1. The zero-order valence-corrected chi connectivity index (χ0v) is 10.4. The molecular weight excluding hydrogens is 283 g/mol. The minimum atomic E-state index is -4.18. The number of hydrogen-bond donors (Lipinski definition) is 0. The molecule has 0 aliphatic carbocycles. The van der Waals surface area contributed by atoms with Crippen molar-refractivity contribution in [2.45, 2.75) is 25.2 Å². The third-order valence-corrected chi connectivity index (χ3v) is 2.47. The molecule has 0 bridgehead atoms. The third-order valence-electron chi connectivity index (χ3n) is 2.47. The monoisotopic (exact) mass is 296 g/mol. The van der Waals surface area contributed by atoms with Crippen LogP contribution in [-0.4, -0.2) is 31.3 Å². The van der Waals surface area contributed by atoms with Crippen LogP contribution in [0.2, 0.25) is 0 Å². The van der Waals surface area contributed by atoms with Crippen LogP contribution in [-0.2, 0) is 4.74 Å². The summed E-state index contributed by atoms with van der Waals surface area (Å²) in [6, 6.07) is 4.88. The van der Waals surface area contributed by atoms with E-state index in [-0.39, 0.29) is 25.2 Å². The van der Waals surface area contributed by atoms with E-state index in [1.54, 1.807) is 0 Å². The highest BCUT2D eigenvalue weighted by Crippen LogP contribution is 2.22. The maximum Gasteiger partial charge on any atom is 0.330 e. The molecule has 20 heavy (non-hydrogen) atoms. The number of carbonyl (C=O) groups is 1. The summed E-state index contributed by atoms with van der Waals surface area (Å²) < 4.78 is 65.5. The highest BCUT2D eigenvalue weighted by atomic mass is 19.3. The van der Waals surface area contributed by atoms with Crippen LogP contribution in [0.3, 0.4) is 0 Å². The second-order valence-corrected chi connectivity index (χ2v) is 4.15. The summed E-state index contributed by atoms with van der Waals surface area (Å²) in [7, 11) is 0. The van der Waals surface area contributed by atoms with Crippen LogP contribution in [0.25, 0.3) is 0 Å². The molecule has 0 fully saturated rings. The smallest absolute Gasteiger partial charge is 0.330 e. The molecule has 0 radical (unpaired) electrons. The van der Waals surface area contributed by atoms with E-state index in [9.17, 15) is 26.7 Å². The van der Waals surface area contributed by atoms with E-state index >= 15 is 0 Å². The second-order valence-electron chi connectivity index (χ2n) is 4.15. The van der Waals surface area contributed by atoms with Crippen molar-refractivity contribution in [1.82, 2.24) is 0 Å². The highest BCUT2D eigenvalue weighted by molar-refractivity contribution is 5.95. The van der Waals surface area contributed by atoms with Crippen molar-refractivity contribution in [3.8, 4) is 0 Å². The molecule has 0 N–H and O–H groups in total. The molecule has 0 heterocycles. The molecular formula is C13H13F5O2. The van der Waals surface area contributed by atoms with Crippen LogP contribution in [0.5, 0.6) is 0 Å². The van der Waals surface area contributed by atoms with Crippen LogP contribution in [0.1, 0.15) is 23.2 Å². The molecule has 7 heteroatoms. The van der Waals surface area contributed by atoms with Crippen molar-refractivity contribution in [2.24, 2.45) is 0 Å². The minimum Gasteiger partial charge on any atom is -0.375 e. The maximum atomic E-state index is 12.6. The van der Waals surface area contributed by atoms with Crippen molar-refractivity contribution in [3.63, 3.8) is 0 Å². The Kier molecular flexibility index (Phi) is 6.06. The van der Waals surface area contributed by atoms with Crippen molar-refractivity contribution in [1.29, 1.82) is 0 Å². The Balaban J connectivity index is 2.25. The molecule has 0 saturated carbocycles. The first kappa shape index (κ1) is 16.6. The van der Waals surface area contributed by atoms with Gasteiger partial charge in [0.1, 0.15) is 12.4 Å². The highest BCUT2D eigenvalue weighted by Gasteiger charge is 2.40. The van der Waals surface area contributed by atoms with Gasteiger partial charge in [-0.3, -0.25) is 4.79 Å². The van der Waals surface area contributed by atoms with Gasteiger partial charge in [-0.05, 0) is 30.7 Å². The normalized spacial score (nSPS) is 11.9. The van der Waals surface area contributed by atoms with Crippen molar-refractivity contribution in [3.05, 3.63) is 35.6 Å². The van der Waals surface area contributed by atoms with Crippen LogP contribution >= 0.6 is 0 Å². The van der Waals surface area contributed by atoms with Gasteiger partial charge in [0.2, 0.25) is 0 Å². The van der Waals surface area contributed by atoms with E-state index in [1.165, 1.54) is 12.1 Å². The predicted molar refractivity (Wildman–Crippen MR) is 61.7 cm³/mol. The molecule has 0 spiro atoms. The zero-order chi connectivity index (χ0) is 15.2. The molecule has 0 atom stereocenters. The van der Waals surface area contributed by atoms with Gasteiger partial charge >= 0.3 is 12.3 Å². The lowest BCUT2D eigenvalue weighted by molar-refractivity contribution is -0.165. The van der Waals surface area contributed by atoms with Crippen LogP contribution in [0.4, 0.5) is 22.0 Å². The quantitative estimate of drug-likeness (QED) is 0.415. The number of alkyl halides is 4. The lowest BCUT2D eigenvalue weighted by atomic mass is 10.1. The number of ether oxygens (including phenoxy) is 1. The van der Waals surface area contributed by atoms with Gasteiger partial charge in [0.05, 0.1) is 0 Å². The molecule has 0 aliphatic rings. The van der Waals surface area contributed by atoms with E-state index in [2.05, 4.69) is 4.74 Å². The molecule has 1 aromatic carbocycles. The van der Waals surface area contributed by atoms with Gasteiger partial charge in [0, 0.05) is 18.6 Å². The van der Waals surface area contributed by atoms with E-state index < -0.39 is 24.8 Å². The largest absolute Gasteiger partial charge is 0.375 e. The molecule has 0 aromatic heterocycles. The van der Waals surface area contributed by atoms with E-state index in [1.807, 2.05) is 0 Å². The molecule has 2 nitrogen and oxygen atoms in total. The average Bonchev–Trinajstić information content (AvgIpc) is 2.38. The fourth-order valence-electron chi connectivity index (χ4n) is 1.39.